The molecule has 0 aromatic heterocycles. The zero-order valence-corrected chi connectivity index (χ0v) is 8.04. The van der Waals surface area contributed by atoms with E-state index in [4.69, 9.17) is 10.8 Å². The molecule has 1 saturated carbocycles. The number of aliphatic carboxylic acids is 1. The van der Waals surface area contributed by atoms with Crippen LogP contribution in [0, 0.1) is 0 Å². The summed E-state index contributed by atoms with van der Waals surface area (Å²) in [7, 11) is 0. The standard InChI is InChI=1S/C9H14N2O3/c1-5(12)8(6-2-3-6)11-4-7(10)9(13)14/h7,11H,2-4,10H2,1H3,(H,13,14). The second-order valence-electron chi connectivity index (χ2n) is 3.36. The first-order chi connectivity index (χ1) is 6.52. The fraction of sp³-hybridized carbons (Fsp3) is 0.556. The van der Waals surface area contributed by atoms with Crippen LogP contribution in [0.3, 0.4) is 0 Å². The van der Waals surface area contributed by atoms with Crippen LogP contribution in [0.1, 0.15) is 19.8 Å². The lowest BCUT2D eigenvalue weighted by atomic mass is 10.2. The molecule has 0 radical (unpaired) electrons. The number of rotatable bonds is 5. The van der Waals surface area contributed by atoms with Crippen LogP contribution in [0.15, 0.2) is 11.3 Å². The van der Waals surface area contributed by atoms with Crippen LogP contribution in [-0.2, 0) is 9.59 Å². The van der Waals surface area contributed by atoms with E-state index in [1.54, 1.807) is 0 Å². The van der Waals surface area contributed by atoms with Gasteiger partial charge in [0.15, 0.2) is 5.78 Å². The minimum Gasteiger partial charge on any atom is -0.480 e. The molecule has 0 bridgehead atoms. The van der Waals surface area contributed by atoms with Gasteiger partial charge in [0.1, 0.15) is 6.04 Å². The van der Waals surface area contributed by atoms with Crippen LogP contribution in [0.25, 0.3) is 0 Å². The summed E-state index contributed by atoms with van der Waals surface area (Å²) < 4.78 is 0. The molecule has 78 valence electrons. The monoisotopic (exact) mass is 198 g/mol. The van der Waals surface area contributed by atoms with Gasteiger partial charge in [-0.15, -0.1) is 0 Å². The molecule has 1 atom stereocenters. The molecule has 14 heavy (non-hydrogen) atoms. The van der Waals surface area contributed by atoms with Gasteiger partial charge in [-0.2, -0.15) is 0 Å². The molecule has 5 nitrogen and oxygen atoms in total. The number of nitrogens with one attached hydrogen (secondary N) is 1. The molecular formula is C9H14N2O3. The second-order valence-corrected chi connectivity index (χ2v) is 3.36. The Morgan fingerprint density at radius 3 is 2.50 bits per heavy atom. The number of hydrogen-bond donors (Lipinski definition) is 3. The normalized spacial score (nSPS) is 16.0. The SMILES string of the molecule is CC(=O)C(NCC(N)C(=O)O)=C1CC1. The first-order valence-electron chi connectivity index (χ1n) is 4.47. The highest BCUT2D eigenvalue weighted by atomic mass is 16.4. The van der Waals surface area contributed by atoms with Gasteiger partial charge in [-0.05, 0) is 18.4 Å². The molecule has 0 heterocycles. The molecule has 0 amide bonds. The van der Waals surface area contributed by atoms with Crippen molar-refractivity contribution >= 4 is 11.8 Å². The number of hydrogen-bond acceptors (Lipinski definition) is 4. The van der Waals surface area contributed by atoms with E-state index in [2.05, 4.69) is 5.32 Å². The summed E-state index contributed by atoms with van der Waals surface area (Å²) in [5.41, 5.74) is 6.90. The van der Waals surface area contributed by atoms with Crippen LogP contribution in [0.4, 0.5) is 0 Å². The third-order valence-electron chi connectivity index (χ3n) is 2.02. The van der Waals surface area contributed by atoms with E-state index in [0.717, 1.165) is 18.4 Å². The van der Waals surface area contributed by atoms with Gasteiger partial charge in [-0.3, -0.25) is 9.59 Å². The van der Waals surface area contributed by atoms with Gasteiger partial charge in [0, 0.05) is 13.5 Å². The van der Waals surface area contributed by atoms with Crippen LogP contribution >= 0.6 is 0 Å². The summed E-state index contributed by atoms with van der Waals surface area (Å²) in [6.07, 6.45) is 1.84. The predicted octanol–water partition coefficient (Wildman–Crippen LogP) is -0.375. The zero-order valence-electron chi connectivity index (χ0n) is 8.04. The maximum absolute atomic E-state index is 11.1. The van der Waals surface area contributed by atoms with Gasteiger partial charge in [-0.1, -0.05) is 0 Å². The van der Waals surface area contributed by atoms with Crippen LogP contribution in [-0.4, -0.2) is 29.4 Å². The molecule has 1 rings (SSSR count). The van der Waals surface area contributed by atoms with Crippen molar-refractivity contribution in [1.82, 2.24) is 5.32 Å². The van der Waals surface area contributed by atoms with Gasteiger partial charge in [0.05, 0.1) is 5.70 Å². The Morgan fingerprint density at radius 1 is 1.57 bits per heavy atom. The van der Waals surface area contributed by atoms with E-state index in [1.165, 1.54) is 6.92 Å². The zero-order chi connectivity index (χ0) is 10.7. The van der Waals surface area contributed by atoms with E-state index in [-0.39, 0.29) is 12.3 Å². The van der Waals surface area contributed by atoms with Crippen molar-refractivity contribution < 1.29 is 14.7 Å². The first kappa shape index (κ1) is 10.7. The number of nitrogens with two attached hydrogens (primary N) is 1. The van der Waals surface area contributed by atoms with Crippen molar-refractivity contribution in [3.8, 4) is 0 Å². The third kappa shape index (κ3) is 2.85. The maximum Gasteiger partial charge on any atom is 0.322 e. The van der Waals surface area contributed by atoms with Crippen LogP contribution in [0.5, 0.6) is 0 Å². The lowest BCUT2D eigenvalue weighted by Crippen LogP contribution is -2.40. The molecule has 0 aromatic rings. The fourth-order valence-corrected chi connectivity index (χ4v) is 1.11. The fourth-order valence-electron chi connectivity index (χ4n) is 1.11. The van der Waals surface area contributed by atoms with Gasteiger partial charge in [-0.25, -0.2) is 0 Å². The number of allylic oxidation sites excluding steroid dienone is 2. The van der Waals surface area contributed by atoms with Crippen molar-refractivity contribution in [2.24, 2.45) is 5.73 Å². The van der Waals surface area contributed by atoms with E-state index in [9.17, 15) is 9.59 Å². The Balaban J connectivity index is 2.47. The minimum atomic E-state index is -1.07. The number of carbonyl (C=O) groups excluding carboxylic acids is 1. The van der Waals surface area contributed by atoms with Crippen molar-refractivity contribution in [2.45, 2.75) is 25.8 Å². The third-order valence-corrected chi connectivity index (χ3v) is 2.02. The molecule has 0 aliphatic heterocycles. The Kier molecular flexibility index (Phi) is 3.24. The molecule has 1 unspecified atom stereocenters. The highest BCUT2D eigenvalue weighted by Gasteiger charge is 2.21. The second kappa shape index (κ2) is 4.23. The molecule has 0 aromatic carbocycles. The van der Waals surface area contributed by atoms with E-state index >= 15 is 0 Å². The van der Waals surface area contributed by atoms with Crippen molar-refractivity contribution in [2.75, 3.05) is 6.54 Å². The van der Waals surface area contributed by atoms with Gasteiger partial charge in [0.2, 0.25) is 0 Å². The summed E-state index contributed by atoms with van der Waals surface area (Å²) >= 11 is 0. The molecule has 1 aliphatic rings. The molecule has 1 fully saturated rings. The number of carbonyl (C=O) groups is 2. The highest BCUT2D eigenvalue weighted by Crippen LogP contribution is 2.30. The van der Waals surface area contributed by atoms with Gasteiger partial charge < -0.3 is 16.2 Å². The maximum atomic E-state index is 11.1. The minimum absolute atomic E-state index is 0.0601. The number of carboxylic acids is 1. The molecule has 0 spiro atoms. The smallest absolute Gasteiger partial charge is 0.322 e. The number of Topliss-reactive ketones (excluding diaryl/α,β-unsaturated/α-hetero) is 1. The molecule has 0 saturated heterocycles. The van der Waals surface area contributed by atoms with E-state index in [0.29, 0.717) is 5.70 Å². The molecular weight excluding hydrogens is 184 g/mol. The van der Waals surface area contributed by atoms with Crippen molar-refractivity contribution in [3.63, 3.8) is 0 Å². The molecule has 1 aliphatic carbocycles. The summed E-state index contributed by atoms with van der Waals surface area (Å²) in [5, 5.41) is 11.3. The summed E-state index contributed by atoms with van der Waals surface area (Å²) in [5.74, 6) is -1.13. The van der Waals surface area contributed by atoms with Crippen molar-refractivity contribution in [1.29, 1.82) is 0 Å². The lowest BCUT2D eigenvalue weighted by molar-refractivity contribution is -0.138. The summed E-state index contributed by atoms with van der Waals surface area (Å²) in [4.78, 5) is 21.5. The first-order valence-corrected chi connectivity index (χ1v) is 4.47. The average Bonchev–Trinajstić information content (AvgIpc) is 2.87. The van der Waals surface area contributed by atoms with E-state index in [1.807, 2.05) is 0 Å². The largest absolute Gasteiger partial charge is 0.480 e. The molecule has 4 N–H and O–H groups in total. The predicted molar refractivity (Wildman–Crippen MR) is 50.6 cm³/mol. The van der Waals surface area contributed by atoms with Crippen LogP contribution < -0.4 is 11.1 Å². The quantitative estimate of drug-likeness (QED) is 0.524. The van der Waals surface area contributed by atoms with Crippen molar-refractivity contribution in [3.05, 3.63) is 11.3 Å². The van der Waals surface area contributed by atoms with Crippen LogP contribution in [0.2, 0.25) is 0 Å². The molecule has 5 heteroatoms. The lowest BCUT2D eigenvalue weighted by Gasteiger charge is -2.10. The number of carboxylic acid groups (broad SMARTS) is 1. The topological polar surface area (TPSA) is 92.4 Å². The Hall–Kier alpha value is -1.36. The number of ketones is 1. The summed E-state index contributed by atoms with van der Waals surface area (Å²) in [6, 6.07) is -0.969. The van der Waals surface area contributed by atoms with Gasteiger partial charge >= 0.3 is 5.97 Å². The Labute approximate surface area is 82.0 Å². The van der Waals surface area contributed by atoms with E-state index < -0.39 is 12.0 Å². The Morgan fingerprint density at radius 2 is 2.14 bits per heavy atom. The van der Waals surface area contributed by atoms with Gasteiger partial charge in [0.25, 0.3) is 0 Å². The average molecular weight is 198 g/mol. The highest BCUT2D eigenvalue weighted by molar-refractivity contribution is 5.94. The summed E-state index contributed by atoms with van der Waals surface area (Å²) in [6.45, 7) is 1.55. The Bertz CT molecular complexity index is 290.